The van der Waals surface area contributed by atoms with Crippen LogP contribution in [0.4, 0.5) is 5.69 Å². The van der Waals surface area contributed by atoms with Gasteiger partial charge in [-0.3, -0.25) is 4.79 Å². The smallest absolute Gasteiger partial charge is 0.235 e. The van der Waals surface area contributed by atoms with Crippen molar-refractivity contribution in [1.29, 1.82) is 0 Å². The zero-order valence-corrected chi connectivity index (χ0v) is 10.5. The first-order valence-corrected chi connectivity index (χ1v) is 6.34. The van der Waals surface area contributed by atoms with E-state index < -0.39 is 0 Å². The molecule has 1 amide bonds. The number of anilines is 1. The molecule has 0 aromatic heterocycles. The van der Waals surface area contributed by atoms with Crippen molar-refractivity contribution in [3.63, 3.8) is 0 Å². The third-order valence-electron chi connectivity index (χ3n) is 3.88. The lowest BCUT2D eigenvalue weighted by Gasteiger charge is -2.35. The van der Waals surface area contributed by atoms with E-state index in [9.17, 15) is 4.79 Å². The fourth-order valence-electron chi connectivity index (χ4n) is 3.07. The average Bonchev–Trinajstić information content (AvgIpc) is 2.53. The number of halogens is 1. The van der Waals surface area contributed by atoms with Gasteiger partial charge in [0.05, 0.1) is 5.41 Å². The van der Waals surface area contributed by atoms with Gasteiger partial charge in [0, 0.05) is 16.8 Å². The van der Waals surface area contributed by atoms with Crippen molar-refractivity contribution in [2.75, 3.05) is 11.9 Å². The number of amides is 1. The molecule has 2 N–H and O–H groups in total. The summed E-state index contributed by atoms with van der Waals surface area (Å²) in [6, 6.07) is 6.02. The number of fused-ring (bicyclic) bond motifs is 2. The molecule has 2 heterocycles. The number of rotatable bonds is 0. The molecule has 2 aliphatic heterocycles. The van der Waals surface area contributed by atoms with Crippen LogP contribution in [-0.2, 0) is 10.2 Å². The number of piperidine rings is 1. The molecule has 1 aromatic carbocycles. The molecule has 2 atom stereocenters. The molecule has 2 aliphatic rings. The Kier molecular flexibility index (Phi) is 2.42. The summed E-state index contributed by atoms with van der Waals surface area (Å²) in [5.41, 5.74) is 1.63. The van der Waals surface area contributed by atoms with E-state index in [-0.39, 0.29) is 11.3 Å². The van der Waals surface area contributed by atoms with Crippen molar-refractivity contribution in [2.45, 2.75) is 31.2 Å². The molecule has 90 valence electrons. The van der Waals surface area contributed by atoms with E-state index in [2.05, 4.69) is 17.6 Å². The molecule has 1 aromatic rings. The Balaban J connectivity index is 2.11. The Hall–Kier alpha value is -1.06. The first kappa shape index (κ1) is 11.1. The van der Waals surface area contributed by atoms with Crippen molar-refractivity contribution in [1.82, 2.24) is 5.32 Å². The Morgan fingerprint density at radius 3 is 3.06 bits per heavy atom. The SMILES string of the molecule is C[C@H]1C[C@@]2(CCN1)C(=O)Nc1ccc(Cl)cc12. The second-order valence-electron chi connectivity index (χ2n) is 5.04. The molecule has 0 radical (unpaired) electrons. The molecule has 4 heteroatoms. The lowest BCUT2D eigenvalue weighted by molar-refractivity contribution is -0.122. The van der Waals surface area contributed by atoms with E-state index in [4.69, 9.17) is 11.6 Å². The second kappa shape index (κ2) is 3.72. The molecule has 0 saturated carbocycles. The maximum absolute atomic E-state index is 12.3. The van der Waals surface area contributed by atoms with Crippen LogP contribution in [0.2, 0.25) is 5.02 Å². The van der Waals surface area contributed by atoms with Crippen LogP contribution < -0.4 is 10.6 Å². The monoisotopic (exact) mass is 250 g/mol. The van der Waals surface area contributed by atoms with Gasteiger partial charge in [0.15, 0.2) is 0 Å². The quantitative estimate of drug-likeness (QED) is 0.742. The first-order valence-electron chi connectivity index (χ1n) is 5.97. The summed E-state index contributed by atoms with van der Waals surface area (Å²) < 4.78 is 0. The van der Waals surface area contributed by atoms with Gasteiger partial charge in [0.1, 0.15) is 0 Å². The van der Waals surface area contributed by atoms with Gasteiger partial charge in [-0.15, -0.1) is 0 Å². The van der Waals surface area contributed by atoms with Crippen LogP contribution in [0.15, 0.2) is 18.2 Å². The minimum absolute atomic E-state index is 0.128. The van der Waals surface area contributed by atoms with Gasteiger partial charge in [-0.1, -0.05) is 11.6 Å². The predicted molar refractivity (Wildman–Crippen MR) is 68.5 cm³/mol. The van der Waals surface area contributed by atoms with Gasteiger partial charge >= 0.3 is 0 Å². The van der Waals surface area contributed by atoms with E-state index in [1.807, 2.05) is 18.2 Å². The molecular weight excluding hydrogens is 236 g/mol. The van der Waals surface area contributed by atoms with Crippen LogP contribution in [0.3, 0.4) is 0 Å². The minimum Gasteiger partial charge on any atom is -0.325 e. The Morgan fingerprint density at radius 2 is 2.29 bits per heavy atom. The predicted octanol–water partition coefficient (Wildman–Crippen LogP) is 2.30. The van der Waals surface area contributed by atoms with E-state index in [0.29, 0.717) is 11.1 Å². The summed E-state index contributed by atoms with van der Waals surface area (Å²) in [6.07, 6.45) is 1.68. The maximum atomic E-state index is 12.3. The number of benzene rings is 1. The zero-order valence-electron chi connectivity index (χ0n) is 9.72. The molecule has 0 aliphatic carbocycles. The molecule has 1 spiro atoms. The highest BCUT2D eigenvalue weighted by molar-refractivity contribution is 6.31. The third-order valence-corrected chi connectivity index (χ3v) is 4.11. The van der Waals surface area contributed by atoms with Crippen molar-refractivity contribution in [2.24, 2.45) is 0 Å². The highest BCUT2D eigenvalue weighted by atomic mass is 35.5. The lowest BCUT2D eigenvalue weighted by Crippen LogP contribution is -2.48. The lowest BCUT2D eigenvalue weighted by atomic mass is 9.72. The molecule has 3 nitrogen and oxygen atoms in total. The van der Waals surface area contributed by atoms with Crippen molar-refractivity contribution in [3.8, 4) is 0 Å². The van der Waals surface area contributed by atoms with Crippen LogP contribution >= 0.6 is 11.6 Å². The van der Waals surface area contributed by atoms with E-state index in [0.717, 1.165) is 30.6 Å². The van der Waals surface area contributed by atoms with Crippen LogP contribution in [0.5, 0.6) is 0 Å². The second-order valence-corrected chi connectivity index (χ2v) is 5.47. The van der Waals surface area contributed by atoms with E-state index >= 15 is 0 Å². The summed E-state index contributed by atoms with van der Waals surface area (Å²) in [7, 11) is 0. The molecule has 1 saturated heterocycles. The van der Waals surface area contributed by atoms with Gasteiger partial charge in [-0.05, 0) is 50.1 Å². The molecule has 0 bridgehead atoms. The van der Waals surface area contributed by atoms with Gasteiger partial charge in [-0.25, -0.2) is 0 Å². The number of hydrogen-bond acceptors (Lipinski definition) is 2. The summed E-state index contributed by atoms with van der Waals surface area (Å²) in [6.45, 7) is 3.00. The van der Waals surface area contributed by atoms with Gasteiger partial charge in [-0.2, -0.15) is 0 Å². The molecule has 17 heavy (non-hydrogen) atoms. The molecule has 3 rings (SSSR count). The van der Waals surface area contributed by atoms with Crippen LogP contribution in [0, 0.1) is 0 Å². The van der Waals surface area contributed by atoms with E-state index in [1.165, 1.54) is 0 Å². The topological polar surface area (TPSA) is 41.1 Å². The number of hydrogen-bond donors (Lipinski definition) is 2. The van der Waals surface area contributed by atoms with Crippen molar-refractivity contribution in [3.05, 3.63) is 28.8 Å². The highest BCUT2D eigenvalue weighted by Gasteiger charge is 2.48. The number of carbonyl (C=O) groups excluding carboxylic acids is 1. The van der Waals surface area contributed by atoms with E-state index in [1.54, 1.807) is 0 Å². The summed E-state index contributed by atoms with van der Waals surface area (Å²) in [5, 5.41) is 7.07. The average molecular weight is 251 g/mol. The largest absolute Gasteiger partial charge is 0.325 e. The zero-order chi connectivity index (χ0) is 12.0. The summed E-state index contributed by atoms with van der Waals surface area (Å²) in [4.78, 5) is 12.3. The summed E-state index contributed by atoms with van der Waals surface area (Å²) in [5.74, 6) is 0.128. The summed E-state index contributed by atoms with van der Waals surface area (Å²) >= 11 is 6.06. The van der Waals surface area contributed by atoms with Gasteiger partial charge in [0.2, 0.25) is 5.91 Å². The number of nitrogens with one attached hydrogen (secondary N) is 2. The van der Waals surface area contributed by atoms with Crippen LogP contribution in [0.1, 0.15) is 25.3 Å². The molecule has 0 unspecified atom stereocenters. The van der Waals surface area contributed by atoms with Gasteiger partial charge < -0.3 is 10.6 Å². The fraction of sp³-hybridized carbons (Fsp3) is 0.462. The van der Waals surface area contributed by atoms with Crippen molar-refractivity contribution < 1.29 is 4.79 Å². The third kappa shape index (κ3) is 1.57. The Morgan fingerprint density at radius 1 is 1.47 bits per heavy atom. The minimum atomic E-state index is -0.370. The van der Waals surface area contributed by atoms with Crippen molar-refractivity contribution >= 4 is 23.2 Å². The Bertz CT molecular complexity index is 488. The maximum Gasteiger partial charge on any atom is 0.235 e. The van der Waals surface area contributed by atoms with Crippen LogP contribution in [-0.4, -0.2) is 18.5 Å². The highest BCUT2D eigenvalue weighted by Crippen LogP contribution is 2.45. The normalized spacial score (nSPS) is 31.4. The van der Waals surface area contributed by atoms with Gasteiger partial charge in [0.25, 0.3) is 0 Å². The Labute approximate surface area is 106 Å². The number of carbonyl (C=O) groups is 1. The fourth-order valence-corrected chi connectivity index (χ4v) is 3.24. The standard InChI is InChI=1S/C13H15ClN2O/c1-8-7-13(4-5-15-8)10-6-9(14)2-3-11(10)16-12(13)17/h2-3,6,8,15H,4-5,7H2,1H3,(H,16,17)/t8-,13+/m0/s1. The first-order chi connectivity index (χ1) is 8.12. The molecular formula is C13H15ClN2O. The molecule has 1 fully saturated rings. The van der Waals surface area contributed by atoms with Crippen LogP contribution in [0.25, 0.3) is 0 Å².